The molecule has 0 aliphatic heterocycles. The zero-order chi connectivity index (χ0) is 8.41. The normalized spacial score (nSPS) is 17.9. The van der Waals surface area contributed by atoms with Crippen LogP contribution >= 0.6 is 0 Å². The number of hydrogen-bond donors (Lipinski definition) is 2. The Morgan fingerprint density at radius 3 is 2.20 bits per heavy atom. The van der Waals surface area contributed by atoms with Gasteiger partial charge in [0.05, 0.1) is 0 Å². The number of nitrogens with two attached hydrogens (primary N) is 1. The smallest absolute Gasteiger partial charge is 0.283 e. The fourth-order valence-corrected chi connectivity index (χ4v) is 0.549. The van der Waals surface area contributed by atoms with Crippen LogP contribution < -0.4 is 5.73 Å². The Kier molecular flexibility index (Phi) is 2.53. The molecule has 0 rings (SSSR count). The molecule has 0 amide bonds. The summed E-state index contributed by atoms with van der Waals surface area (Å²) in [6.45, 7) is 1.07. The summed E-state index contributed by atoms with van der Waals surface area (Å²) in [5.41, 5.74) is 5.04. The van der Waals surface area contributed by atoms with Crippen molar-refractivity contribution >= 4 is 16.4 Å². The van der Waals surface area contributed by atoms with Crippen LogP contribution in [0.4, 0.5) is 0 Å². The molecule has 60 valence electrons. The van der Waals surface area contributed by atoms with Crippen LogP contribution in [0.3, 0.4) is 0 Å². The zero-order valence-electron chi connectivity index (χ0n) is 5.44. The molecule has 0 saturated heterocycles. The topological polar surface area (TPSA) is 97.5 Å². The van der Waals surface area contributed by atoms with Crippen LogP contribution in [0, 0.1) is 0 Å². The van der Waals surface area contributed by atoms with Crippen molar-refractivity contribution in [2.24, 2.45) is 5.73 Å². The van der Waals surface area contributed by atoms with E-state index in [4.69, 9.17) is 10.3 Å². The predicted molar refractivity (Wildman–Crippen MR) is 34.8 cm³/mol. The minimum Gasteiger partial charge on any atom is -0.310 e. The van der Waals surface area contributed by atoms with Gasteiger partial charge in [-0.2, -0.15) is 8.42 Å². The van der Waals surface area contributed by atoms with Crippen LogP contribution in [0.1, 0.15) is 13.3 Å². The standard InChI is InChI=1S/C4H9NO4S/c1-4(5,2-3-6)10(7,8)9/h3H,2,5H2,1H3,(H,7,8,9). The molecular formula is C4H9NO4S. The average molecular weight is 167 g/mol. The van der Waals surface area contributed by atoms with Gasteiger partial charge in [-0.15, -0.1) is 0 Å². The van der Waals surface area contributed by atoms with E-state index in [9.17, 15) is 13.2 Å². The van der Waals surface area contributed by atoms with Crippen molar-refractivity contribution in [3.8, 4) is 0 Å². The molecule has 0 aromatic heterocycles. The Labute approximate surface area is 59.0 Å². The summed E-state index contributed by atoms with van der Waals surface area (Å²) < 4.78 is 29.0. The average Bonchev–Trinajstić information content (AvgIpc) is 1.61. The van der Waals surface area contributed by atoms with Crippen molar-refractivity contribution in [3.05, 3.63) is 0 Å². The van der Waals surface area contributed by atoms with Crippen molar-refractivity contribution in [1.82, 2.24) is 0 Å². The van der Waals surface area contributed by atoms with Crippen molar-refractivity contribution < 1.29 is 17.8 Å². The second-order valence-corrected chi connectivity index (χ2v) is 4.04. The lowest BCUT2D eigenvalue weighted by Crippen LogP contribution is -2.44. The summed E-state index contributed by atoms with van der Waals surface area (Å²) in [5.74, 6) is 0. The van der Waals surface area contributed by atoms with Gasteiger partial charge in [0, 0.05) is 6.42 Å². The molecule has 0 fully saturated rings. The van der Waals surface area contributed by atoms with Crippen molar-refractivity contribution in [2.45, 2.75) is 18.2 Å². The SMILES string of the molecule is CC(N)(CC=O)S(=O)(=O)O. The van der Waals surface area contributed by atoms with Gasteiger partial charge < -0.3 is 10.5 Å². The van der Waals surface area contributed by atoms with Crippen molar-refractivity contribution in [2.75, 3.05) is 0 Å². The molecule has 0 bridgehead atoms. The molecule has 0 aromatic carbocycles. The fourth-order valence-electron chi connectivity index (χ4n) is 0.271. The van der Waals surface area contributed by atoms with Crippen molar-refractivity contribution in [1.29, 1.82) is 0 Å². The highest BCUT2D eigenvalue weighted by molar-refractivity contribution is 7.87. The Bertz CT molecular complexity index is 217. The van der Waals surface area contributed by atoms with E-state index in [-0.39, 0.29) is 0 Å². The third kappa shape index (κ3) is 2.05. The molecule has 10 heavy (non-hydrogen) atoms. The number of carbonyl (C=O) groups is 1. The molecule has 5 nitrogen and oxygen atoms in total. The third-order valence-corrected chi connectivity index (χ3v) is 2.42. The Morgan fingerprint density at radius 1 is 1.70 bits per heavy atom. The van der Waals surface area contributed by atoms with Crippen LogP contribution in [0.2, 0.25) is 0 Å². The van der Waals surface area contributed by atoms with Crippen LogP contribution in [0.25, 0.3) is 0 Å². The molecule has 0 aliphatic carbocycles. The first-order valence-corrected chi connectivity index (χ1v) is 3.95. The molecule has 1 unspecified atom stereocenters. The number of aldehydes is 1. The minimum atomic E-state index is -4.32. The fraction of sp³-hybridized carbons (Fsp3) is 0.750. The molecule has 0 radical (unpaired) electrons. The Balaban J connectivity index is 4.57. The number of carbonyl (C=O) groups excluding carboxylic acids is 1. The highest BCUT2D eigenvalue weighted by atomic mass is 32.2. The summed E-state index contributed by atoms with van der Waals surface area (Å²) in [7, 11) is -4.32. The van der Waals surface area contributed by atoms with Gasteiger partial charge >= 0.3 is 0 Å². The summed E-state index contributed by atoms with van der Waals surface area (Å²) >= 11 is 0. The molecule has 1 atom stereocenters. The van der Waals surface area contributed by atoms with Crippen LogP contribution in [0.15, 0.2) is 0 Å². The molecule has 6 heteroatoms. The largest absolute Gasteiger partial charge is 0.310 e. The molecule has 0 aromatic rings. The van der Waals surface area contributed by atoms with Crippen LogP contribution in [0.5, 0.6) is 0 Å². The van der Waals surface area contributed by atoms with Gasteiger partial charge in [-0.25, -0.2) is 0 Å². The minimum absolute atomic E-state index is 0.341. The van der Waals surface area contributed by atoms with Gasteiger partial charge in [-0.1, -0.05) is 0 Å². The first-order valence-electron chi connectivity index (χ1n) is 2.51. The maximum Gasteiger partial charge on any atom is 0.283 e. The summed E-state index contributed by atoms with van der Waals surface area (Å²) in [5, 5.41) is 0. The molecule has 3 N–H and O–H groups in total. The third-order valence-electron chi connectivity index (χ3n) is 1.08. The molecule has 0 saturated carbocycles. The van der Waals surface area contributed by atoms with Gasteiger partial charge in [0.25, 0.3) is 10.1 Å². The van der Waals surface area contributed by atoms with E-state index >= 15 is 0 Å². The lowest BCUT2D eigenvalue weighted by atomic mass is 10.3. The second-order valence-electron chi connectivity index (χ2n) is 2.16. The number of hydrogen-bond acceptors (Lipinski definition) is 4. The zero-order valence-corrected chi connectivity index (χ0v) is 6.26. The van der Waals surface area contributed by atoms with E-state index < -0.39 is 21.4 Å². The van der Waals surface area contributed by atoms with Gasteiger partial charge in [-0.3, -0.25) is 4.55 Å². The number of rotatable bonds is 3. The maximum absolute atomic E-state index is 10.3. The van der Waals surface area contributed by atoms with E-state index in [1.54, 1.807) is 0 Å². The molecule has 0 aliphatic rings. The van der Waals surface area contributed by atoms with E-state index in [0.717, 1.165) is 6.92 Å². The quantitative estimate of drug-likeness (QED) is 0.421. The van der Waals surface area contributed by atoms with Gasteiger partial charge in [0.15, 0.2) is 0 Å². The highest BCUT2D eigenvalue weighted by Gasteiger charge is 2.32. The molecular weight excluding hydrogens is 158 g/mol. The van der Waals surface area contributed by atoms with E-state index in [1.807, 2.05) is 0 Å². The van der Waals surface area contributed by atoms with Gasteiger partial charge in [0.1, 0.15) is 11.2 Å². The first-order chi connectivity index (χ1) is 4.31. The van der Waals surface area contributed by atoms with Gasteiger partial charge in [-0.05, 0) is 6.92 Å². The van der Waals surface area contributed by atoms with E-state index in [1.165, 1.54) is 0 Å². The Morgan fingerprint density at radius 2 is 2.10 bits per heavy atom. The first kappa shape index (κ1) is 9.54. The molecule has 0 spiro atoms. The highest BCUT2D eigenvalue weighted by Crippen LogP contribution is 2.10. The lowest BCUT2D eigenvalue weighted by Gasteiger charge is -2.16. The molecule has 0 heterocycles. The van der Waals surface area contributed by atoms with Crippen molar-refractivity contribution in [3.63, 3.8) is 0 Å². The lowest BCUT2D eigenvalue weighted by molar-refractivity contribution is -0.108. The maximum atomic E-state index is 10.3. The van der Waals surface area contributed by atoms with E-state index in [0.29, 0.717) is 6.29 Å². The van der Waals surface area contributed by atoms with E-state index in [2.05, 4.69) is 0 Å². The van der Waals surface area contributed by atoms with Gasteiger partial charge in [0.2, 0.25) is 0 Å². The summed E-state index contributed by atoms with van der Waals surface area (Å²) in [4.78, 5) is 7.96. The van der Waals surface area contributed by atoms with Crippen LogP contribution in [-0.4, -0.2) is 24.1 Å². The van der Waals surface area contributed by atoms with Crippen LogP contribution in [-0.2, 0) is 14.9 Å². The predicted octanol–water partition coefficient (Wildman–Crippen LogP) is -0.862. The Hall–Kier alpha value is -0.460. The second kappa shape index (κ2) is 2.65. The summed E-state index contributed by atoms with van der Waals surface area (Å²) in [6.07, 6.45) is -0.0698. The monoisotopic (exact) mass is 167 g/mol. The summed E-state index contributed by atoms with van der Waals surface area (Å²) in [6, 6.07) is 0.